The van der Waals surface area contributed by atoms with Crippen molar-refractivity contribution in [1.29, 1.82) is 0 Å². The third-order valence-corrected chi connectivity index (χ3v) is 4.42. The molecule has 30 heavy (non-hydrogen) atoms. The molecule has 5 N–H and O–H groups in total. The van der Waals surface area contributed by atoms with Gasteiger partial charge in [-0.2, -0.15) is 0 Å². The number of unbranched alkanes of at least 4 members (excludes halogenated alkanes) is 3. The predicted octanol–water partition coefficient (Wildman–Crippen LogP) is 0.707. The Morgan fingerprint density at radius 3 is 2.53 bits per heavy atom. The van der Waals surface area contributed by atoms with Crippen LogP contribution in [-0.4, -0.2) is 62.0 Å². The number of carboxylic acid groups (broad SMARTS) is 1. The zero-order chi connectivity index (χ0) is 22.4. The zero-order valence-corrected chi connectivity index (χ0v) is 17.2. The van der Waals surface area contributed by atoms with Crippen LogP contribution in [0.1, 0.15) is 53.3 Å². The van der Waals surface area contributed by atoms with Gasteiger partial charge in [0.2, 0.25) is 5.91 Å². The van der Waals surface area contributed by atoms with Crippen LogP contribution >= 0.6 is 0 Å². The first-order valence-electron chi connectivity index (χ1n) is 9.84. The number of nitrogens with zero attached hydrogens (tertiary/aromatic N) is 1. The van der Waals surface area contributed by atoms with E-state index in [0.29, 0.717) is 12.8 Å². The summed E-state index contributed by atoms with van der Waals surface area (Å²) in [5.41, 5.74) is 3.42. The molecular formula is C20H30N4O6. The fraction of sp³-hybridized carbons (Fsp3) is 0.500. The van der Waals surface area contributed by atoms with Crippen LogP contribution in [-0.2, 0) is 14.3 Å². The second-order valence-electron chi connectivity index (χ2n) is 6.59. The lowest BCUT2D eigenvalue weighted by Gasteiger charge is -2.24. The van der Waals surface area contributed by atoms with Crippen molar-refractivity contribution < 1.29 is 29.0 Å². The van der Waals surface area contributed by atoms with Gasteiger partial charge in [0.25, 0.3) is 5.91 Å². The summed E-state index contributed by atoms with van der Waals surface area (Å²) in [6.07, 6.45) is 4.29. The molecule has 0 spiro atoms. The van der Waals surface area contributed by atoms with Gasteiger partial charge in [0, 0.05) is 30.9 Å². The Morgan fingerprint density at radius 2 is 1.90 bits per heavy atom. The van der Waals surface area contributed by atoms with Gasteiger partial charge < -0.3 is 20.1 Å². The molecule has 0 saturated carbocycles. The first-order valence-corrected chi connectivity index (χ1v) is 9.84. The number of aldehydes is 1. The Bertz CT molecular complexity index is 725. The summed E-state index contributed by atoms with van der Waals surface area (Å²) in [6, 6.07) is 5.07. The number of nitrogen functional groups attached to an aromatic ring is 1. The zero-order valence-electron chi connectivity index (χ0n) is 17.2. The van der Waals surface area contributed by atoms with E-state index in [-0.39, 0.29) is 23.6 Å². The van der Waals surface area contributed by atoms with Gasteiger partial charge in [0.15, 0.2) is 6.29 Å². The second-order valence-corrected chi connectivity index (χ2v) is 6.59. The summed E-state index contributed by atoms with van der Waals surface area (Å²) < 4.78 is 4.71. The summed E-state index contributed by atoms with van der Waals surface area (Å²) in [4.78, 5) is 46.9. The Hall–Kier alpha value is -2.98. The monoisotopic (exact) mass is 422 g/mol. The maximum absolute atomic E-state index is 11.7. The number of ether oxygens (including phenoxy) is 1. The topological polar surface area (TPSA) is 151 Å². The molecule has 0 fully saturated rings. The SMILES string of the molecule is CCN(CCCCCCNC(=O)COCC(=O)O)c1ccc(C(=O)NN)c(C=O)c1. The molecule has 10 nitrogen and oxygen atoms in total. The maximum atomic E-state index is 11.7. The number of nitrogens with two attached hydrogens (primary N) is 1. The predicted molar refractivity (Wildman–Crippen MR) is 111 cm³/mol. The van der Waals surface area contributed by atoms with Gasteiger partial charge in [-0.3, -0.25) is 19.8 Å². The molecule has 0 atom stereocenters. The molecule has 0 bridgehead atoms. The van der Waals surface area contributed by atoms with Crippen molar-refractivity contribution in [1.82, 2.24) is 10.7 Å². The Balaban J connectivity index is 2.33. The van der Waals surface area contributed by atoms with Crippen molar-refractivity contribution in [3.63, 3.8) is 0 Å². The number of hydrogen-bond donors (Lipinski definition) is 4. The van der Waals surface area contributed by atoms with E-state index in [4.69, 9.17) is 15.7 Å². The number of aliphatic carboxylic acids is 1. The fourth-order valence-electron chi connectivity index (χ4n) is 2.89. The summed E-state index contributed by atoms with van der Waals surface area (Å²) in [6.45, 7) is 3.34. The number of carbonyl (C=O) groups is 4. The average Bonchev–Trinajstić information content (AvgIpc) is 2.74. The largest absolute Gasteiger partial charge is 0.480 e. The van der Waals surface area contributed by atoms with E-state index in [9.17, 15) is 19.2 Å². The summed E-state index contributed by atoms with van der Waals surface area (Å²) in [5, 5.41) is 11.1. The molecule has 1 rings (SSSR count). The minimum atomic E-state index is -1.11. The van der Waals surface area contributed by atoms with Crippen molar-refractivity contribution in [3.05, 3.63) is 29.3 Å². The van der Waals surface area contributed by atoms with Crippen molar-refractivity contribution >= 4 is 29.8 Å². The number of carboxylic acids is 1. The molecule has 10 heteroatoms. The molecule has 0 saturated heterocycles. The summed E-state index contributed by atoms with van der Waals surface area (Å²) >= 11 is 0. The fourth-order valence-corrected chi connectivity index (χ4v) is 2.89. The van der Waals surface area contributed by atoms with Crippen LogP contribution in [0.5, 0.6) is 0 Å². The molecule has 0 aliphatic carbocycles. The van der Waals surface area contributed by atoms with E-state index in [0.717, 1.165) is 44.5 Å². The van der Waals surface area contributed by atoms with Gasteiger partial charge >= 0.3 is 5.97 Å². The van der Waals surface area contributed by atoms with E-state index in [1.807, 2.05) is 12.3 Å². The Labute approximate surface area is 175 Å². The highest BCUT2D eigenvalue weighted by molar-refractivity contribution is 6.01. The minimum Gasteiger partial charge on any atom is -0.480 e. The van der Waals surface area contributed by atoms with E-state index in [2.05, 4.69) is 10.2 Å². The third kappa shape index (κ3) is 9.01. The lowest BCUT2D eigenvalue weighted by molar-refractivity contribution is -0.143. The smallest absolute Gasteiger partial charge is 0.329 e. The van der Waals surface area contributed by atoms with Gasteiger partial charge in [-0.05, 0) is 38.0 Å². The number of rotatable bonds is 15. The molecule has 0 aromatic heterocycles. The van der Waals surface area contributed by atoms with E-state index >= 15 is 0 Å². The van der Waals surface area contributed by atoms with Gasteiger partial charge in [-0.1, -0.05) is 12.8 Å². The third-order valence-electron chi connectivity index (χ3n) is 4.42. The second kappa shape index (κ2) is 14.1. The number of benzene rings is 1. The van der Waals surface area contributed by atoms with Gasteiger partial charge in [0.05, 0.1) is 5.56 Å². The normalized spacial score (nSPS) is 10.3. The van der Waals surface area contributed by atoms with Crippen molar-refractivity contribution in [2.24, 2.45) is 5.84 Å². The number of anilines is 1. The van der Waals surface area contributed by atoms with Crippen LogP contribution in [0.4, 0.5) is 5.69 Å². The molecule has 166 valence electrons. The number of carbonyl (C=O) groups excluding carboxylic acids is 3. The molecular weight excluding hydrogens is 392 g/mol. The molecule has 0 unspecified atom stereocenters. The van der Waals surface area contributed by atoms with Crippen LogP contribution < -0.4 is 21.5 Å². The van der Waals surface area contributed by atoms with Crippen molar-refractivity contribution in [2.45, 2.75) is 32.6 Å². The lowest BCUT2D eigenvalue weighted by Crippen LogP contribution is -2.31. The van der Waals surface area contributed by atoms with Gasteiger partial charge in [-0.25, -0.2) is 10.6 Å². The minimum absolute atomic E-state index is 0.239. The molecule has 0 aliphatic rings. The van der Waals surface area contributed by atoms with E-state index in [1.165, 1.54) is 0 Å². The van der Waals surface area contributed by atoms with Crippen LogP contribution in [0.15, 0.2) is 18.2 Å². The standard InChI is InChI=1S/C20H30N4O6/c1-2-24(16-7-8-17(20(29)23-21)15(11-16)12-25)10-6-4-3-5-9-22-18(26)13-30-14-19(27)28/h7-8,11-12H,2-6,9-10,13-14,21H2,1H3,(H,22,26)(H,23,29)(H,27,28). The number of nitrogens with one attached hydrogen (secondary N) is 2. The Morgan fingerprint density at radius 1 is 1.17 bits per heavy atom. The molecule has 1 aromatic carbocycles. The highest BCUT2D eigenvalue weighted by Crippen LogP contribution is 2.19. The molecule has 2 amide bonds. The highest BCUT2D eigenvalue weighted by atomic mass is 16.5. The quantitative estimate of drug-likeness (QED) is 0.106. The number of hydrogen-bond acceptors (Lipinski definition) is 7. The van der Waals surface area contributed by atoms with Crippen LogP contribution in [0.3, 0.4) is 0 Å². The maximum Gasteiger partial charge on any atom is 0.329 e. The average molecular weight is 422 g/mol. The first-order chi connectivity index (χ1) is 14.4. The van der Waals surface area contributed by atoms with Gasteiger partial charge in [-0.15, -0.1) is 0 Å². The van der Waals surface area contributed by atoms with Crippen molar-refractivity contribution in [2.75, 3.05) is 37.7 Å². The van der Waals surface area contributed by atoms with Crippen LogP contribution in [0, 0.1) is 0 Å². The summed E-state index contributed by atoms with van der Waals surface area (Å²) in [7, 11) is 0. The Kier molecular flexibility index (Phi) is 11.8. The molecule has 0 aliphatic heterocycles. The lowest BCUT2D eigenvalue weighted by atomic mass is 10.1. The van der Waals surface area contributed by atoms with Crippen LogP contribution in [0.25, 0.3) is 0 Å². The van der Waals surface area contributed by atoms with Crippen LogP contribution in [0.2, 0.25) is 0 Å². The highest BCUT2D eigenvalue weighted by Gasteiger charge is 2.13. The van der Waals surface area contributed by atoms with E-state index in [1.54, 1.807) is 18.2 Å². The molecule has 1 aromatic rings. The molecule has 0 heterocycles. The molecule has 0 radical (unpaired) electrons. The summed E-state index contributed by atoms with van der Waals surface area (Å²) in [5.74, 6) is 3.20. The van der Waals surface area contributed by atoms with E-state index < -0.39 is 18.5 Å². The number of hydrazine groups is 1. The number of amides is 2. The van der Waals surface area contributed by atoms with Crippen molar-refractivity contribution in [3.8, 4) is 0 Å². The first kappa shape index (κ1) is 25.1. The van der Waals surface area contributed by atoms with Gasteiger partial charge in [0.1, 0.15) is 13.2 Å².